The molecule has 0 saturated carbocycles. The molecule has 5 heteroatoms. The molecule has 0 unspecified atom stereocenters. The highest BCUT2D eigenvalue weighted by molar-refractivity contribution is 7.86. The molecule has 2 nitrogen and oxygen atoms in total. The van der Waals surface area contributed by atoms with Gasteiger partial charge in [-0.25, -0.2) is 0 Å². The second kappa shape index (κ2) is 4.28. The lowest BCUT2D eigenvalue weighted by Gasteiger charge is -2.03. The van der Waals surface area contributed by atoms with Crippen molar-refractivity contribution in [3.63, 3.8) is 0 Å². The molecule has 0 heterocycles. The summed E-state index contributed by atoms with van der Waals surface area (Å²) in [5.41, 5.74) is 1.68. The lowest BCUT2D eigenvalue weighted by Crippen LogP contribution is -2.03. The molecule has 0 radical (unpaired) electrons. The van der Waals surface area contributed by atoms with Crippen LogP contribution in [0.5, 0.6) is 0 Å². The molecule has 1 aromatic carbocycles. The van der Waals surface area contributed by atoms with Gasteiger partial charge in [-0.05, 0) is 36.6 Å². The molecule has 0 bridgehead atoms. The van der Waals surface area contributed by atoms with Crippen LogP contribution in [0.4, 0.5) is 3.89 Å². The third-order valence-electron chi connectivity index (χ3n) is 1.92. The quantitative estimate of drug-likeness (QED) is 0.756. The first-order chi connectivity index (χ1) is 6.38. The Bertz CT molecular complexity index is 428. The van der Waals surface area contributed by atoms with E-state index in [1.807, 2.05) is 6.92 Å². The summed E-state index contributed by atoms with van der Waals surface area (Å²) >= 11 is 5.71. The second-order valence-electron chi connectivity index (χ2n) is 3.06. The fourth-order valence-corrected chi connectivity index (χ4v) is 1.86. The van der Waals surface area contributed by atoms with Gasteiger partial charge in [0.25, 0.3) is 0 Å². The number of hydrogen-bond donors (Lipinski definition) is 0. The minimum atomic E-state index is -4.38. The zero-order valence-corrected chi connectivity index (χ0v) is 9.20. The largest absolute Gasteiger partial charge is 0.302 e. The molecule has 0 fully saturated rings. The topological polar surface area (TPSA) is 34.1 Å². The Morgan fingerprint density at radius 1 is 1.43 bits per heavy atom. The first kappa shape index (κ1) is 11.5. The number of aryl methyl sites for hydroxylation is 2. The molecule has 0 atom stereocenters. The molecule has 1 aromatic rings. The standard InChI is InChI=1S/C9H10ClFO2S/c1-7-6-9(10)3-2-8(7)4-5-14(11,12)13/h2-3,6H,4-5H2,1H3. The third-order valence-corrected chi connectivity index (χ3v) is 2.85. The van der Waals surface area contributed by atoms with E-state index in [2.05, 4.69) is 0 Å². The van der Waals surface area contributed by atoms with Gasteiger partial charge in [-0.15, -0.1) is 3.89 Å². The molecule has 78 valence electrons. The Balaban J connectivity index is 2.78. The highest BCUT2D eigenvalue weighted by atomic mass is 35.5. The number of halogens is 2. The van der Waals surface area contributed by atoms with Gasteiger partial charge in [0.15, 0.2) is 0 Å². The Labute approximate surface area is 87.9 Å². The highest BCUT2D eigenvalue weighted by Crippen LogP contribution is 2.16. The molecule has 0 aliphatic carbocycles. The van der Waals surface area contributed by atoms with Crippen molar-refractivity contribution in [1.82, 2.24) is 0 Å². The maximum absolute atomic E-state index is 12.2. The lowest BCUT2D eigenvalue weighted by atomic mass is 10.1. The summed E-state index contributed by atoms with van der Waals surface area (Å²) in [6, 6.07) is 5.10. The molecule has 14 heavy (non-hydrogen) atoms. The Hall–Kier alpha value is -0.610. The lowest BCUT2D eigenvalue weighted by molar-refractivity contribution is 0.551. The fraction of sp³-hybridized carbons (Fsp3) is 0.333. The van der Waals surface area contributed by atoms with E-state index in [9.17, 15) is 12.3 Å². The van der Waals surface area contributed by atoms with Crippen LogP contribution in [0, 0.1) is 6.92 Å². The van der Waals surface area contributed by atoms with Crippen molar-refractivity contribution in [3.8, 4) is 0 Å². The van der Waals surface area contributed by atoms with Crippen molar-refractivity contribution < 1.29 is 12.3 Å². The fourth-order valence-electron chi connectivity index (χ4n) is 1.17. The zero-order valence-electron chi connectivity index (χ0n) is 7.63. The molecule has 0 aliphatic heterocycles. The summed E-state index contributed by atoms with van der Waals surface area (Å²) in [5.74, 6) is -0.477. The van der Waals surface area contributed by atoms with E-state index in [1.165, 1.54) is 0 Å². The van der Waals surface area contributed by atoms with E-state index in [0.717, 1.165) is 11.1 Å². The third kappa shape index (κ3) is 3.64. The van der Waals surface area contributed by atoms with Crippen LogP contribution in [0.3, 0.4) is 0 Å². The first-order valence-electron chi connectivity index (χ1n) is 4.06. The summed E-state index contributed by atoms with van der Waals surface area (Å²) in [5, 5.41) is 0.592. The average molecular weight is 237 g/mol. The zero-order chi connectivity index (χ0) is 10.8. The summed E-state index contributed by atoms with van der Waals surface area (Å²) in [6.45, 7) is 1.81. The van der Waals surface area contributed by atoms with Crippen molar-refractivity contribution in [2.75, 3.05) is 5.75 Å². The predicted octanol–water partition coefficient (Wildman–Crippen LogP) is 2.49. The van der Waals surface area contributed by atoms with Crippen LogP contribution < -0.4 is 0 Å². The minimum absolute atomic E-state index is 0.182. The van der Waals surface area contributed by atoms with Crippen LogP contribution >= 0.6 is 11.6 Å². The summed E-state index contributed by atoms with van der Waals surface area (Å²) in [4.78, 5) is 0. The van der Waals surface area contributed by atoms with Gasteiger partial charge in [0.05, 0.1) is 5.75 Å². The smallest absolute Gasteiger partial charge is 0.195 e. The summed E-state index contributed by atoms with van der Waals surface area (Å²) in [7, 11) is -4.38. The molecular formula is C9H10ClFO2S. The Morgan fingerprint density at radius 3 is 2.57 bits per heavy atom. The normalized spacial score (nSPS) is 11.6. The van der Waals surface area contributed by atoms with E-state index >= 15 is 0 Å². The van der Waals surface area contributed by atoms with Gasteiger partial charge in [0.2, 0.25) is 0 Å². The average Bonchev–Trinajstić information content (AvgIpc) is 2.00. The molecule has 0 amide bonds. The number of rotatable bonds is 3. The number of hydrogen-bond acceptors (Lipinski definition) is 2. The summed E-state index contributed by atoms with van der Waals surface area (Å²) in [6.07, 6.45) is 0.182. The van der Waals surface area contributed by atoms with Gasteiger partial charge in [0.1, 0.15) is 0 Å². The van der Waals surface area contributed by atoms with Gasteiger partial charge in [-0.1, -0.05) is 17.7 Å². The van der Waals surface area contributed by atoms with Crippen molar-refractivity contribution in [1.29, 1.82) is 0 Å². The second-order valence-corrected chi connectivity index (χ2v) is 4.99. The Morgan fingerprint density at radius 2 is 2.07 bits per heavy atom. The van der Waals surface area contributed by atoms with Crippen molar-refractivity contribution in [2.45, 2.75) is 13.3 Å². The van der Waals surface area contributed by atoms with Crippen molar-refractivity contribution >= 4 is 21.8 Å². The minimum Gasteiger partial charge on any atom is -0.195 e. The SMILES string of the molecule is Cc1cc(Cl)ccc1CCS(=O)(=O)F. The van der Waals surface area contributed by atoms with Crippen LogP contribution in [0.2, 0.25) is 5.02 Å². The van der Waals surface area contributed by atoms with Crippen LogP contribution in [-0.4, -0.2) is 14.2 Å². The maximum atomic E-state index is 12.2. The monoisotopic (exact) mass is 236 g/mol. The van der Waals surface area contributed by atoms with Gasteiger partial charge in [-0.2, -0.15) is 8.42 Å². The van der Waals surface area contributed by atoms with Gasteiger partial charge < -0.3 is 0 Å². The molecule has 0 aliphatic rings. The van der Waals surface area contributed by atoms with Crippen LogP contribution in [0.15, 0.2) is 18.2 Å². The van der Waals surface area contributed by atoms with E-state index in [-0.39, 0.29) is 6.42 Å². The van der Waals surface area contributed by atoms with Gasteiger partial charge >= 0.3 is 10.2 Å². The molecule has 1 rings (SSSR count). The van der Waals surface area contributed by atoms with E-state index < -0.39 is 16.0 Å². The van der Waals surface area contributed by atoms with Crippen LogP contribution in [-0.2, 0) is 16.6 Å². The van der Waals surface area contributed by atoms with Crippen LogP contribution in [0.25, 0.3) is 0 Å². The highest BCUT2D eigenvalue weighted by Gasteiger charge is 2.08. The predicted molar refractivity (Wildman–Crippen MR) is 54.8 cm³/mol. The van der Waals surface area contributed by atoms with Crippen molar-refractivity contribution in [3.05, 3.63) is 34.3 Å². The molecule has 0 spiro atoms. The van der Waals surface area contributed by atoms with E-state index in [0.29, 0.717) is 5.02 Å². The maximum Gasteiger partial charge on any atom is 0.302 e. The Kier molecular flexibility index (Phi) is 3.50. The first-order valence-corrected chi connectivity index (χ1v) is 5.99. The molecule has 0 saturated heterocycles. The van der Waals surface area contributed by atoms with Gasteiger partial charge in [0, 0.05) is 5.02 Å². The summed E-state index contributed by atoms with van der Waals surface area (Å²) < 4.78 is 32.8. The molecule has 0 N–H and O–H groups in total. The van der Waals surface area contributed by atoms with E-state index in [4.69, 9.17) is 11.6 Å². The molecule has 0 aromatic heterocycles. The van der Waals surface area contributed by atoms with Crippen molar-refractivity contribution in [2.24, 2.45) is 0 Å². The van der Waals surface area contributed by atoms with Crippen LogP contribution in [0.1, 0.15) is 11.1 Å². The van der Waals surface area contributed by atoms with E-state index in [1.54, 1.807) is 18.2 Å². The number of benzene rings is 1. The molecular weight excluding hydrogens is 227 g/mol. The van der Waals surface area contributed by atoms with Gasteiger partial charge in [-0.3, -0.25) is 0 Å².